The predicted octanol–water partition coefficient (Wildman–Crippen LogP) is 3.41. The van der Waals surface area contributed by atoms with Crippen LogP contribution in [0.1, 0.15) is 91.3 Å². The number of unbranched alkanes of at least 4 members (excludes halogenated alkanes) is 2. The molecule has 9 heteroatoms. The van der Waals surface area contributed by atoms with Gasteiger partial charge in [0.15, 0.2) is 0 Å². The van der Waals surface area contributed by atoms with Gasteiger partial charge < -0.3 is 26.0 Å². The van der Waals surface area contributed by atoms with Gasteiger partial charge >= 0.3 is 6.09 Å². The summed E-state index contributed by atoms with van der Waals surface area (Å²) in [6, 6.07) is 4.38. The van der Waals surface area contributed by atoms with Crippen LogP contribution in [0.25, 0.3) is 0 Å². The second-order valence-corrected chi connectivity index (χ2v) is 10.9. The Labute approximate surface area is 220 Å². The Hall–Kier alpha value is -3.54. The van der Waals surface area contributed by atoms with E-state index in [0.29, 0.717) is 17.7 Å². The summed E-state index contributed by atoms with van der Waals surface area (Å²) in [7, 11) is 0. The van der Waals surface area contributed by atoms with E-state index in [9.17, 15) is 19.2 Å². The molecule has 0 saturated heterocycles. The quantitative estimate of drug-likeness (QED) is 0.308. The average Bonchev–Trinajstić information content (AvgIpc) is 2.76. The number of alkyl carbamates (subject to hydrolysis) is 1. The van der Waals surface area contributed by atoms with Crippen LogP contribution in [0, 0.1) is 12.3 Å². The monoisotopic (exact) mass is 514 g/mol. The third-order valence-electron chi connectivity index (χ3n) is 5.35. The maximum atomic E-state index is 14.0. The highest BCUT2D eigenvalue weighted by Crippen LogP contribution is 2.32. The highest BCUT2D eigenvalue weighted by atomic mass is 16.6. The summed E-state index contributed by atoms with van der Waals surface area (Å²) in [4.78, 5) is 53.5. The van der Waals surface area contributed by atoms with Gasteiger partial charge in [-0.2, -0.15) is 0 Å². The largest absolute Gasteiger partial charge is 0.444 e. The Morgan fingerprint density at radius 1 is 1.08 bits per heavy atom. The molecule has 0 aliphatic rings. The summed E-state index contributed by atoms with van der Waals surface area (Å²) in [5, 5.41) is 5.39. The predicted molar refractivity (Wildman–Crippen MR) is 143 cm³/mol. The van der Waals surface area contributed by atoms with Crippen molar-refractivity contribution in [3.63, 3.8) is 0 Å². The van der Waals surface area contributed by atoms with Gasteiger partial charge in [0.05, 0.1) is 6.42 Å². The molecule has 1 rings (SSSR count). The molecular weight excluding hydrogens is 472 g/mol. The van der Waals surface area contributed by atoms with E-state index in [1.54, 1.807) is 65.8 Å². The topological polar surface area (TPSA) is 131 Å². The fraction of sp³-hybridized carbons (Fsp3) is 0.571. The van der Waals surface area contributed by atoms with E-state index in [2.05, 4.69) is 23.5 Å². The third kappa shape index (κ3) is 10.2. The van der Waals surface area contributed by atoms with E-state index in [4.69, 9.17) is 16.9 Å². The van der Waals surface area contributed by atoms with Crippen LogP contribution in [-0.4, -0.2) is 52.4 Å². The Morgan fingerprint density at radius 2 is 1.70 bits per heavy atom. The zero-order valence-corrected chi connectivity index (χ0v) is 23.1. The lowest BCUT2D eigenvalue weighted by Gasteiger charge is -2.43. The van der Waals surface area contributed by atoms with Gasteiger partial charge in [0.1, 0.15) is 17.7 Å². The van der Waals surface area contributed by atoms with Crippen LogP contribution in [-0.2, 0) is 19.1 Å². The summed E-state index contributed by atoms with van der Waals surface area (Å²) in [5.41, 5.74) is 4.57. The number of nitrogens with two attached hydrogens (primary N) is 1. The minimum Gasteiger partial charge on any atom is -0.444 e. The first-order chi connectivity index (χ1) is 17.1. The Balaban J connectivity index is 3.59. The fourth-order valence-electron chi connectivity index (χ4n) is 3.81. The molecule has 0 fully saturated rings. The lowest BCUT2D eigenvalue weighted by molar-refractivity contribution is -0.149. The number of nitrogens with one attached hydrogen (secondary N) is 2. The van der Waals surface area contributed by atoms with Crippen molar-refractivity contribution in [1.82, 2.24) is 15.5 Å². The fourth-order valence-corrected chi connectivity index (χ4v) is 3.81. The number of carbonyl (C=O) groups is 4. The summed E-state index contributed by atoms with van der Waals surface area (Å²) in [6.45, 7) is 12.8. The van der Waals surface area contributed by atoms with Gasteiger partial charge in [-0.25, -0.2) is 4.79 Å². The van der Waals surface area contributed by atoms with Gasteiger partial charge in [-0.05, 0) is 59.6 Å². The summed E-state index contributed by atoms with van der Waals surface area (Å²) in [6.07, 6.45) is 7.08. The van der Waals surface area contributed by atoms with Crippen LogP contribution in [0.4, 0.5) is 4.79 Å². The minimum absolute atomic E-state index is 0.419. The number of hydrogen-bond acceptors (Lipinski definition) is 5. The second kappa shape index (κ2) is 13.7. The third-order valence-corrected chi connectivity index (χ3v) is 5.35. The average molecular weight is 515 g/mol. The van der Waals surface area contributed by atoms with Crippen molar-refractivity contribution in [2.24, 2.45) is 5.73 Å². The molecule has 0 bridgehead atoms. The number of carbonyl (C=O) groups excluding carboxylic acids is 4. The number of terminal acetylenes is 1. The lowest BCUT2D eigenvalue weighted by atomic mass is 9.92. The Morgan fingerprint density at radius 3 is 2.22 bits per heavy atom. The van der Waals surface area contributed by atoms with E-state index in [1.807, 2.05) is 0 Å². The lowest BCUT2D eigenvalue weighted by Crippen LogP contribution is -2.59. The van der Waals surface area contributed by atoms with Crippen LogP contribution < -0.4 is 16.4 Å². The van der Waals surface area contributed by atoms with Crippen molar-refractivity contribution in [1.29, 1.82) is 0 Å². The molecule has 0 aliphatic carbocycles. The van der Waals surface area contributed by atoms with E-state index >= 15 is 0 Å². The standard InChI is InChI=1S/C28H42N4O5/c1-9-11-14-17-30-24(34)23(20-16-13-12-15-19(20)10-2)32(27(3,4)5)25(35)21(18-22(29)33)31-26(36)37-28(6,7)8/h2,12-13,15-16,21,23H,9,11,14,17-18H2,1,3-8H3,(H2,29,33)(H,30,34)(H,31,36). The van der Waals surface area contributed by atoms with Crippen LogP contribution in [0.2, 0.25) is 0 Å². The molecule has 0 heterocycles. The van der Waals surface area contributed by atoms with Crippen LogP contribution in [0.5, 0.6) is 0 Å². The number of amides is 4. The van der Waals surface area contributed by atoms with E-state index in [-0.39, 0.29) is 0 Å². The van der Waals surface area contributed by atoms with Gasteiger partial charge in [-0.3, -0.25) is 14.4 Å². The van der Waals surface area contributed by atoms with Crippen molar-refractivity contribution in [3.05, 3.63) is 35.4 Å². The van der Waals surface area contributed by atoms with Gasteiger partial charge in [0.25, 0.3) is 0 Å². The van der Waals surface area contributed by atoms with E-state index in [1.165, 1.54) is 4.90 Å². The maximum absolute atomic E-state index is 14.0. The molecular formula is C28H42N4O5. The van der Waals surface area contributed by atoms with Crippen molar-refractivity contribution in [3.8, 4) is 12.3 Å². The van der Waals surface area contributed by atoms with Gasteiger partial charge in [-0.15, -0.1) is 6.42 Å². The first-order valence-corrected chi connectivity index (χ1v) is 12.6. The van der Waals surface area contributed by atoms with Gasteiger partial charge in [0, 0.05) is 17.6 Å². The van der Waals surface area contributed by atoms with Crippen molar-refractivity contribution < 1.29 is 23.9 Å². The highest BCUT2D eigenvalue weighted by molar-refractivity contribution is 5.95. The van der Waals surface area contributed by atoms with E-state index < -0.39 is 53.5 Å². The van der Waals surface area contributed by atoms with E-state index in [0.717, 1.165) is 19.3 Å². The molecule has 4 amide bonds. The molecule has 37 heavy (non-hydrogen) atoms. The van der Waals surface area contributed by atoms with Crippen LogP contribution in [0.15, 0.2) is 24.3 Å². The summed E-state index contributed by atoms with van der Waals surface area (Å²) < 4.78 is 5.29. The van der Waals surface area contributed by atoms with Crippen LogP contribution >= 0.6 is 0 Å². The molecule has 0 saturated carbocycles. The first kappa shape index (κ1) is 31.5. The number of hydrogen-bond donors (Lipinski definition) is 3. The van der Waals surface area contributed by atoms with Crippen molar-refractivity contribution in [2.75, 3.05) is 6.54 Å². The normalized spacial score (nSPS) is 13.0. The zero-order chi connectivity index (χ0) is 28.4. The number of nitrogens with zero attached hydrogens (tertiary/aromatic N) is 1. The molecule has 0 spiro atoms. The zero-order valence-electron chi connectivity index (χ0n) is 23.1. The number of ether oxygens (including phenoxy) is 1. The smallest absolute Gasteiger partial charge is 0.408 e. The molecule has 0 aromatic heterocycles. The Kier molecular flexibility index (Phi) is 11.6. The molecule has 204 valence electrons. The molecule has 1 aromatic carbocycles. The van der Waals surface area contributed by atoms with Crippen molar-refractivity contribution >= 4 is 23.8 Å². The summed E-state index contributed by atoms with van der Waals surface area (Å²) >= 11 is 0. The highest BCUT2D eigenvalue weighted by Gasteiger charge is 2.42. The first-order valence-electron chi connectivity index (χ1n) is 12.6. The van der Waals surface area contributed by atoms with Crippen LogP contribution in [0.3, 0.4) is 0 Å². The maximum Gasteiger partial charge on any atom is 0.408 e. The number of rotatable bonds is 11. The molecule has 0 aliphatic heterocycles. The number of primary amides is 1. The summed E-state index contributed by atoms with van der Waals surface area (Å²) in [5.74, 6) is 0.704. The second-order valence-electron chi connectivity index (χ2n) is 10.9. The molecule has 0 radical (unpaired) electrons. The minimum atomic E-state index is -1.36. The van der Waals surface area contributed by atoms with Gasteiger partial charge in [0.2, 0.25) is 17.7 Å². The molecule has 2 unspecified atom stereocenters. The van der Waals surface area contributed by atoms with Crippen molar-refractivity contribution in [2.45, 2.75) is 97.4 Å². The molecule has 9 nitrogen and oxygen atoms in total. The van der Waals surface area contributed by atoms with Gasteiger partial charge in [-0.1, -0.05) is 43.9 Å². The molecule has 2 atom stereocenters. The SMILES string of the molecule is C#Cc1ccccc1C(C(=O)NCCCCC)N(C(=O)C(CC(N)=O)NC(=O)OC(C)(C)C)C(C)(C)C. The number of benzene rings is 1. The molecule has 1 aromatic rings. The Bertz CT molecular complexity index is 1000. The molecule has 4 N–H and O–H groups in total.